The number of hydrogen-bond acceptors (Lipinski definition) is 3. The number of rotatable bonds is 1. The van der Waals surface area contributed by atoms with E-state index in [2.05, 4.69) is 4.74 Å². The van der Waals surface area contributed by atoms with Crippen LogP contribution in [-0.2, 0) is 14.3 Å². The molecule has 0 spiro atoms. The van der Waals surface area contributed by atoms with Crippen molar-refractivity contribution in [3.05, 3.63) is 0 Å². The van der Waals surface area contributed by atoms with Gasteiger partial charge in [0.15, 0.2) is 0 Å². The Morgan fingerprint density at radius 2 is 2.33 bits per heavy atom. The van der Waals surface area contributed by atoms with Crippen molar-refractivity contribution in [2.45, 2.75) is 19.3 Å². The van der Waals surface area contributed by atoms with Crippen molar-refractivity contribution in [3.63, 3.8) is 0 Å². The Bertz CT molecular complexity index is 234. The zero-order valence-electron chi connectivity index (χ0n) is 7.08. The molecule has 2 saturated carbocycles. The van der Waals surface area contributed by atoms with Crippen molar-refractivity contribution in [1.82, 2.24) is 0 Å². The molecule has 0 saturated heterocycles. The molecule has 2 rings (SSSR count). The van der Waals surface area contributed by atoms with Gasteiger partial charge in [0, 0.05) is 12.3 Å². The summed E-state index contributed by atoms with van der Waals surface area (Å²) in [5.74, 6) is 0.316. The highest BCUT2D eigenvalue weighted by Crippen LogP contribution is 2.53. The average Bonchev–Trinajstić information content (AvgIpc) is 2.79. The Kier molecular flexibility index (Phi) is 1.67. The fraction of sp³-hybridized carbons (Fsp3) is 0.778. The molecule has 0 bridgehead atoms. The molecular formula is C9H12O3. The fourth-order valence-corrected chi connectivity index (χ4v) is 2.31. The van der Waals surface area contributed by atoms with Gasteiger partial charge in [-0.3, -0.25) is 9.59 Å². The minimum Gasteiger partial charge on any atom is -0.469 e. The average molecular weight is 168 g/mol. The largest absolute Gasteiger partial charge is 0.469 e. The summed E-state index contributed by atoms with van der Waals surface area (Å²) >= 11 is 0. The van der Waals surface area contributed by atoms with Crippen LogP contribution in [-0.4, -0.2) is 18.9 Å². The van der Waals surface area contributed by atoms with Gasteiger partial charge in [-0.25, -0.2) is 0 Å². The number of Topliss-reactive ketones (excluding diaryl/α,β-unsaturated/α-hetero) is 1. The van der Waals surface area contributed by atoms with E-state index in [-0.39, 0.29) is 23.6 Å². The van der Waals surface area contributed by atoms with Crippen molar-refractivity contribution in [1.29, 1.82) is 0 Å². The smallest absolute Gasteiger partial charge is 0.309 e. The van der Waals surface area contributed by atoms with E-state index in [4.69, 9.17) is 0 Å². The first-order chi connectivity index (χ1) is 5.75. The molecule has 0 radical (unpaired) electrons. The van der Waals surface area contributed by atoms with Gasteiger partial charge in [0.2, 0.25) is 0 Å². The van der Waals surface area contributed by atoms with Crippen molar-refractivity contribution >= 4 is 11.8 Å². The molecule has 0 aromatic carbocycles. The summed E-state index contributed by atoms with van der Waals surface area (Å²) in [6, 6.07) is 0. The van der Waals surface area contributed by atoms with E-state index >= 15 is 0 Å². The van der Waals surface area contributed by atoms with Crippen LogP contribution in [0, 0.1) is 17.8 Å². The fourth-order valence-electron chi connectivity index (χ4n) is 2.31. The van der Waals surface area contributed by atoms with Crippen LogP contribution in [0.3, 0.4) is 0 Å². The Morgan fingerprint density at radius 3 is 2.92 bits per heavy atom. The van der Waals surface area contributed by atoms with Crippen LogP contribution in [0.2, 0.25) is 0 Å². The van der Waals surface area contributed by atoms with Crippen LogP contribution in [0.4, 0.5) is 0 Å². The lowest BCUT2D eigenvalue weighted by atomic mass is 10.00. The highest BCUT2D eigenvalue weighted by Gasteiger charge is 2.59. The van der Waals surface area contributed by atoms with Crippen LogP contribution in [0.25, 0.3) is 0 Å². The Hall–Kier alpha value is -0.860. The normalized spacial score (nSPS) is 38.8. The molecule has 3 heteroatoms. The molecule has 12 heavy (non-hydrogen) atoms. The maximum atomic E-state index is 11.3. The molecule has 2 aliphatic rings. The van der Waals surface area contributed by atoms with E-state index in [0.29, 0.717) is 12.3 Å². The minimum absolute atomic E-state index is 0.0196. The molecule has 3 atom stereocenters. The number of esters is 1. The summed E-state index contributed by atoms with van der Waals surface area (Å²) in [7, 11) is 1.39. The number of fused-ring (bicyclic) bond motifs is 1. The van der Waals surface area contributed by atoms with E-state index in [1.807, 2.05) is 0 Å². The standard InChI is InChI=1S/C9H12O3/c1-12-9(11)8-5-3-2-4-6(10)7(5)8/h5,7-8H,2-4H2,1H3/t5-,7-,8+/m1/s1. The number of hydrogen-bond donors (Lipinski definition) is 0. The molecule has 0 aromatic rings. The van der Waals surface area contributed by atoms with E-state index in [1.54, 1.807) is 0 Å². The molecular weight excluding hydrogens is 156 g/mol. The zero-order valence-corrected chi connectivity index (χ0v) is 7.08. The van der Waals surface area contributed by atoms with Gasteiger partial charge in [-0.2, -0.15) is 0 Å². The highest BCUT2D eigenvalue weighted by molar-refractivity contribution is 5.93. The molecule has 0 N–H and O–H groups in total. The number of methoxy groups -OCH3 is 1. The molecule has 66 valence electrons. The lowest BCUT2D eigenvalue weighted by molar-refractivity contribution is -0.143. The van der Waals surface area contributed by atoms with E-state index in [0.717, 1.165) is 12.8 Å². The van der Waals surface area contributed by atoms with Gasteiger partial charge in [0.25, 0.3) is 0 Å². The second-order valence-electron chi connectivity index (χ2n) is 3.60. The van der Waals surface area contributed by atoms with Crippen LogP contribution in [0.15, 0.2) is 0 Å². The third kappa shape index (κ3) is 0.958. The molecule has 0 unspecified atom stereocenters. The van der Waals surface area contributed by atoms with E-state index in [9.17, 15) is 9.59 Å². The van der Waals surface area contributed by atoms with E-state index in [1.165, 1.54) is 7.11 Å². The summed E-state index contributed by atoms with van der Waals surface area (Å²) in [6.07, 6.45) is 2.64. The molecule has 0 amide bonds. The second kappa shape index (κ2) is 2.57. The molecule has 2 fully saturated rings. The lowest BCUT2D eigenvalue weighted by Gasteiger charge is -2.04. The summed E-state index contributed by atoms with van der Waals surface area (Å²) in [5.41, 5.74) is 0. The Morgan fingerprint density at radius 1 is 1.58 bits per heavy atom. The second-order valence-corrected chi connectivity index (χ2v) is 3.60. The Balaban J connectivity index is 2.05. The SMILES string of the molecule is COC(=O)[C@H]1[C@@H]2CCCC(=O)[C@@H]21. The quantitative estimate of drug-likeness (QED) is 0.543. The third-order valence-corrected chi connectivity index (χ3v) is 2.97. The van der Waals surface area contributed by atoms with Gasteiger partial charge in [0.05, 0.1) is 13.0 Å². The summed E-state index contributed by atoms with van der Waals surface area (Å²) in [5, 5.41) is 0. The zero-order chi connectivity index (χ0) is 8.72. The van der Waals surface area contributed by atoms with Crippen molar-refractivity contribution in [2.75, 3.05) is 7.11 Å². The topological polar surface area (TPSA) is 43.4 Å². The summed E-state index contributed by atoms with van der Waals surface area (Å²) in [4.78, 5) is 22.4. The maximum absolute atomic E-state index is 11.3. The van der Waals surface area contributed by atoms with E-state index < -0.39 is 0 Å². The van der Waals surface area contributed by atoms with Crippen molar-refractivity contribution in [3.8, 4) is 0 Å². The first-order valence-electron chi connectivity index (χ1n) is 4.36. The van der Waals surface area contributed by atoms with Gasteiger partial charge in [-0.1, -0.05) is 0 Å². The summed E-state index contributed by atoms with van der Waals surface area (Å²) < 4.78 is 4.62. The van der Waals surface area contributed by atoms with Crippen molar-refractivity contribution < 1.29 is 14.3 Å². The number of carbonyl (C=O) groups is 2. The first kappa shape index (κ1) is 7.77. The minimum atomic E-state index is -0.194. The number of carbonyl (C=O) groups excluding carboxylic acids is 2. The molecule has 0 heterocycles. The molecule has 2 aliphatic carbocycles. The molecule has 0 aliphatic heterocycles. The maximum Gasteiger partial charge on any atom is 0.309 e. The van der Waals surface area contributed by atoms with Crippen LogP contribution < -0.4 is 0 Å². The van der Waals surface area contributed by atoms with Crippen LogP contribution >= 0.6 is 0 Å². The summed E-state index contributed by atoms with van der Waals surface area (Å²) in [6.45, 7) is 0. The lowest BCUT2D eigenvalue weighted by Crippen LogP contribution is -2.09. The third-order valence-electron chi connectivity index (χ3n) is 2.97. The predicted octanol–water partition coefficient (Wildman–Crippen LogP) is 0.775. The predicted molar refractivity (Wildman–Crippen MR) is 41.3 cm³/mol. The molecule has 3 nitrogen and oxygen atoms in total. The molecule has 0 aromatic heterocycles. The first-order valence-corrected chi connectivity index (χ1v) is 4.36. The van der Waals surface area contributed by atoms with Gasteiger partial charge < -0.3 is 4.74 Å². The van der Waals surface area contributed by atoms with Gasteiger partial charge in [-0.15, -0.1) is 0 Å². The van der Waals surface area contributed by atoms with Crippen LogP contribution in [0.5, 0.6) is 0 Å². The van der Waals surface area contributed by atoms with Crippen molar-refractivity contribution in [2.24, 2.45) is 17.8 Å². The number of ether oxygens (including phenoxy) is 1. The number of ketones is 1. The van der Waals surface area contributed by atoms with Gasteiger partial charge in [-0.05, 0) is 18.8 Å². The monoisotopic (exact) mass is 168 g/mol. The van der Waals surface area contributed by atoms with Crippen LogP contribution in [0.1, 0.15) is 19.3 Å². The Labute approximate surface area is 71.1 Å². The van der Waals surface area contributed by atoms with Gasteiger partial charge in [0.1, 0.15) is 5.78 Å². The van der Waals surface area contributed by atoms with Gasteiger partial charge >= 0.3 is 5.97 Å². The highest BCUT2D eigenvalue weighted by atomic mass is 16.5.